The van der Waals surface area contributed by atoms with E-state index in [-0.39, 0.29) is 17.7 Å². The zero-order valence-corrected chi connectivity index (χ0v) is 20.7. The van der Waals surface area contributed by atoms with Gasteiger partial charge in [-0.1, -0.05) is 50.3 Å². The average Bonchev–Trinajstić information content (AvgIpc) is 3.32. The molecule has 1 N–H and O–H groups in total. The van der Waals surface area contributed by atoms with Crippen molar-refractivity contribution in [3.8, 4) is 0 Å². The number of hydrogen-bond donors (Lipinski definition) is 1. The quantitative estimate of drug-likeness (QED) is 0.516. The van der Waals surface area contributed by atoms with E-state index in [9.17, 15) is 14.7 Å². The van der Waals surface area contributed by atoms with Gasteiger partial charge in [-0.3, -0.25) is 14.3 Å². The number of aliphatic hydroxyl groups excluding tert-OH is 1. The molecule has 3 atom stereocenters. The number of rotatable bonds is 6. The van der Waals surface area contributed by atoms with Crippen LogP contribution in [-0.2, 0) is 22.6 Å². The molecule has 0 saturated carbocycles. The molecule has 0 radical (unpaired) electrons. The first-order chi connectivity index (χ1) is 15.8. The number of carbonyl (C=O) groups is 2. The molecule has 0 aliphatic carbocycles. The van der Waals surface area contributed by atoms with Crippen molar-refractivity contribution >= 4 is 17.3 Å². The molecule has 1 amide bonds. The maximum absolute atomic E-state index is 12.5. The molecule has 2 aliphatic rings. The van der Waals surface area contributed by atoms with Crippen LogP contribution in [0.3, 0.4) is 0 Å². The lowest BCUT2D eigenvalue weighted by atomic mass is 9.83. The number of allylic oxidation sites excluding steroid dienone is 2. The molecule has 2 aliphatic heterocycles. The van der Waals surface area contributed by atoms with Crippen molar-refractivity contribution in [3.05, 3.63) is 71.7 Å². The van der Waals surface area contributed by atoms with Crippen molar-refractivity contribution < 1.29 is 14.7 Å². The standard InChI is InChI=1S/C22H25N3O3.C3H6.C2H6/c1-13-11-18(23-24(13)10-9-16-7-5-4-6-8-16)17-12-19-20(14(2)26)22(28)25(19)21(17)15(3)27;1-3-2;1-2/h4-8,11,14,19-20,26H,9-10,12H2,1-3H3;3H,1H2,2H3;1-2H3/t14?,19?,20-;;/m1../s1. The van der Waals surface area contributed by atoms with Crippen LogP contribution >= 0.6 is 0 Å². The lowest BCUT2D eigenvalue weighted by molar-refractivity contribution is -0.158. The topological polar surface area (TPSA) is 75.4 Å². The summed E-state index contributed by atoms with van der Waals surface area (Å²) in [6.07, 6.45) is 2.47. The molecule has 0 bridgehead atoms. The Labute approximate surface area is 197 Å². The summed E-state index contributed by atoms with van der Waals surface area (Å²) in [6, 6.07) is 12.1. The Bertz CT molecular complexity index is 1000. The molecule has 2 unspecified atom stereocenters. The second kappa shape index (κ2) is 11.8. The zero-order valence-electron chi connectivity index (χ0n) is 20.7. The first kappa shape index (κ1) is 26.3. The number of Topliss-reactive ketones (excluding diaryl/α,β-unsaturated/α-hetero) is 1. The van der Waals surface area contributed by atoms with Crippen molar-refractivity contribution in [3.63, 3.8) is 0 Å². The van der Waals surface area contributed by atoms with Gasteiger partial charge >= 0.3 is 0 Å². The highest BCUT2D eigenvalue weighted by Gasteiger charge is 2.56. The molecule has 1 saturated heterocycles. The number of β-lactam (4-membered cyclic amide) rings is 1. The van der Waals surface area contributed by atoms with Crippen LogP contribution in [0.25, 0.3) is 5.57 Å². The van der Waals surface area contributed by atoms with Crippen molar-refractivity contribution in [2.45, 2.75) is 73.1 Å². The Morgan fingerprint density at radius 2 is 1.91 bits per heavy atom. The summed E-state index contributed by atoms with van der Waals surface area (Å²) in [5.74, 6) is -0.736. The molecule has 1 aromatic carbocycles. The number of benzene rings is 1. The summed E-state index contributed by atoms with van der Waals surface area (Å²) < 4.78 is 1.95. The first-order valence-corrected chi connectivity index (χ1v) is 11.7. The minimum absolute atomic E-state index is 0.133. The summed E-state index contributed by atoms with van der Waals surface area (Å²) in [4.78, 5) is 26.3. The maximum Gasteiger partial charge on any atom is 0.235 e. The average molecular weight is 452 g/mol. The Hall–Kier alpha value is -2.99. The molecule has 6 heteroatoms. The highest BCUT2D eigenvalue weighted by Crippen LogP contribution is 2.46. The number of fused-ring (bicyclic) bond motifs is 1. The van der Waals surface area contributed by atoms with Crippen LogP contribution in [0.4, 0.5) is 0 Å². The fraction of sp³-hybridized carbons (Fsp3) is 0.444. The van der Waals surface area contributed by atoms with Crippen molar-refractivity contribution in [2.75, 3.05) is 0 Å². The van der Waals surface area contributed by atoms with Crippen molar-refractivity contribution in [1.29, 1.82) is 0 Å². The van der Waals surface area contributed by atoms with Gasteiger partial charge < -0.3 is 10.0 Å². The molecular weight excluding hydrogens is 414 g/mol. The molecule has 4 rings (SSSR count). The summed E-state index contributed by atoms with van der Waals surface area (Å²) >= 11 is 0. The van der Waals surface area contributed by atoms with Crippen LogP contribution in [0, 0.1) is 12.8 Å². The second-order valence-corrected chi connectivity index (χ2v) is 8.17. The summed E-state index contributed by atoms with van der Waals surface area (Å²) in [5, 5.41) is 14.7. The monoisotopic (exact) mass is 451 g/mol. The van der Waals surface area contributed by atoms with E-state index in [0.717, 1.165) is 29.9 Å². The summed E-state index contributed by atoms with van der Waals surface area (Å²) in [7, 11) is 0. The maximum atomic E-state index is 12.5. The van der Waals surface area contributed by atoms with Gasteiger partial charge in [0.15, 0.2) is 5.78 Å². The Balaban J connectivity index is 0.000000714. The van der Waals surface area contributed by atoms with Crippen LogP contribution in [0.5, 0.6) is 0 Å². The zero-order chi connectivity index (χ0) is 24.7. The minimum Gasteiger partial charge on any atom is -0.393 e. The molecule has 6 nitrogen and oxygen atoms in total. The Kier molecular flexibility index (Phi) is 9.35. The fourth-order valence-corrected chi connectivity index (χ4v) is 4.41. The van der Waals surface area contributed by atoms with Crippen molar-refractivity contribution in [2.24, 2.45) is 5.92 Å². The van der Waals surface area contributed by atoms with E-state index in [4.69, 9.17) is 5.10 Å². The van der Waals surface area contributed by atoms with Gasteiger partial charge in [-0.05, 0) is 45.2 Å². The normalized spacial score (nSPS) is 19.5. The number of carbonyl (C=O) groups excluding carboxylic acids is 2. The predicted molar refractivity (Wildman–Crippen MR) is 132 cm³/mol. The summed E-state index contributed by atoms with van der Waals surface area (Å²) in [5.41, 5.74) is 4.28. The predicted octanol–water partition coefficient (Wildman–Crippen LogP) is 4.56. The lowest BCUT2D eigenvalue weighted by Gasteiger charge is -2.45. The summed E-state index contributed by atoms with van der Waals surface area (Å²) in [6.45, 7) is 15.1. The molecule has 1 aromatic heterocycles. The highest BCUT2D eigenvalue weighted by atomic mass is 16.3. The van der Waals surface area contributed by atoms with Gasteiger partial charge in [-0.2, -0.15) is 5.10 Å². The first-order valence-electron chi connectivity index (χ1n) is 11.7. The SMILES string of the molecule is C=CC.CC.CC(=O)C1=C(c2cc(C)n(CCc3ccccc3)n2)CC2[C@@H](C(C)O)C(=O)N12. The van der Waals surface area contributed by atoms with E-state index in [1.54, 1.807) is 17.9 Å². The number of aryl methyl sites for hydroxylation is 3. The number of ketones is 1. The second-order valence-electron chi connectivity index (χ2n) is 8.17. The third-order valence-corrected chi connectivity index (χ3v) is 5.81. The number of hydrogen-bond acceptors (Lipinski definition) is 4. The van der Waals surface area contributed by atoms with Crippen LogP contribution in [0.15, 0.2) is 54.8 Å². The Morgan fingerprint density at radius 1 is 1.30 bits per heavy atom. The molecule has 0 spiro atoms. The third-order valence-electron chi connectivity index (χ3n) is 5.81. The van der Waals surface area contributed by atoms with Crippen LogP contribution in [-0.4, -0.2) is 43.6 Å². The molecular formula is C27H37N3O3. The molecule has 2 aromatic rings. The minimum atomic E-state index is -0.716. The van der Waals surface area contributed by atoms with Crippen molar-refractivity contribution in [1.82, 2.24) is 14.7 Å². The van der Waals surface area contributed by atoms with Gasteiger partial charge in [-0.15, -0.1) is 6.58 Å². The Morgan fingerprint density at radius 3 is 2.45 bits per heavy atom. The van der Waals surface area contributed by atoms with E-state index in [1.165, 1.54) is 12.5 Å². The number of nitrogens with zero attached hydrogens (tertiary/aromatic N) is 3. The van der Waals surface area contributed by atoms with Gasteiger partial charge in [0, 0.05) is 24.7 Å². The smallest absolute Gasteiger partial charge is 0.235 e. The highest BCUT2D eigenvalue weighted by molar-refractivity contribution is 6.08. The van der Waals surface area contributed by atoms with Crippen LogP contribution in [0.2, 0.25) is 0 Å². The van der Waals surface area contributed by atoms with E-state index in [2.05, 4.69) is 18.7 Å². The van der Waals surface area contributed by atoms with Gasteiger partial charge in [-0.25, -0.2) is 0 Å². The van der Waals surface area contributed by atoms with Crippen LogP contribution in [0.1, 0.15) is 58.0 Å². The van der Waals surface area contributed by atoms with E-state index in [1.807, 2.05) is 56.6 Å². The number of amides is 1. The van der Waals surface area contributed by atoms with Gasteiger partial charge in [0.05, 0.1) is 29.5 Å². The molecule has 178 valence electrons. The fourth-order valence-electron chi connectivity index (χ4n) is 4.41. The van der Waals surface area contributed by atoms with E-state index >= 15 is 0 Å². The third kappa shape index (κ3) is 5.50. The van der Waals surface area contributed by atoms with Crippen LogP contribution < -0.4 is 0 Å². The molecule has 33 heavy (non-hydrogen) atoms. The van der Waals surface area contributed by atoms with Gasteiger partial charge in [0.2, 0.25) is 5.91 Å². The molecule has 1 fully saturated rings. The number of aliphatic hydroxyl groups is 1. The van der Waals surface area contributed by atoms with Gasteiger partial charge in [0.1, 0.15) is 0 Å². The largest absolute Gasteiger partial charge is 0.393 e. The molecule has 3 heterocycles. The van der Waals surface area contributed by atoms with Gasteiger partial charge in [0.25, 0.3) is 0 Å². The number of aromatic nitrogens is 2. The lowest BCUT2D eigenvalue weighted by Crippen LogP contribution is -2.61. The van der Waals surface area contributed by atoms with E-state index < -0.39 is 12.0 Å². The van der Waals surface area contributed by atoms with E-state index in [0.29, 0.717) is 12.1 Å².